The number of nitrogens with one attached hydrogen (secondary N) is 2. The fourth-order valence-corrected chi connectivity index (χ4v) is 2.38. The van der Waals surface area contributed by atoms with Crippen molar-refractivity contribution in [1.29, 1.82) is 0 Å². The number of amides is 2. The number of halogens is 1. The highest BCUT2D eigenvalue weighted by Gasteiger charge is 2.16. The summed E-state index contributed by atoms with van der Waals surface area (Å²) in [6.45, 7) is 3.41. The lowest BCUT2D eigenvalue weighted by molar-refractivity contribution is -0.384. The summed E-state index contributed by atoms with van der Waals surface area (Å²) in [5, 5.41) is 10.8. The van der Waals surface area contributed by atoms with Crippen LogP contribution in [0.15, 0.2) is 36.4 Å². The van der Waals surface area contributed by atoms with Crippen LogP contribution in [0.3, 0.4) is 0 Å². The van der Waals surface area contributed by atoms with Gasteiger partial charge in [0.05, 0.1) is 4.92 Å². The lowest BCUT2D eigenvalue weighted by atomic mass is 10.1. The number of nitro benzene ring substituents is 1. The first-order valence-corrected chi connectivity index (χ1v) is 7.89. The van der Waals surface area contributed by atoms with Crippen LogP contribution in [-0.4, -0.2) is 23.3 Å². The number of aryl methyl sites for hydroxylation is 2. The summed E-state index contributed by atoms with van der Waals surface area (Å²) in [5.41, 5.74) is 5.71. The molecule has 0 saturated carbocycles. The van der Waals surface area contributed by atoms with Gasteiger partial charge in [0, 0.05) is 11.6 Å². The third-order valence-electron chi connectivity index (χ3n) is 3.48. The van der Waals surface area contributed by atoms with Crippen LogP contribution in [-0.2, 0) is 4.79 Å². The predicted molar refractivity (Wildman–Crippen MR) is 95.1 cm³/mol. The summed E-state index contributed by atoms with van der Waals surface area (Å²) in [5.74, 6) is -0.697. The van der Waals surface area contributed by atoms with Gasteiger partial charge in [-0.25, -0.2) is 0 Å². The number of rotatable bonds is 5. The van der Waals surface area contributed by atoms with E-state index in [1.807, 2.05) is 32.0 Å². The van der Waals surface area contributed by atoms with E-state index in [0.717, 1.165) is 17.2 Å². The Morgan fingerprint density at radius 2 is 1.81 bits per heavy atom. The van der Waals surface area contributed by atoms with Crippen LogP contribution in [0.2, 0.25) is 5.02 Å². The third kappa shape index (κ3) is 4.70. The topological polar surface area (TPSA) is 111 Å². The molecular weight excluding hydrogens is 362 g/mol. The molecule has 0 heterocycles. The SMILES string of the molecule is Cc1cccc(C)c1OCC(=O)NNC(=O)c1ccc(Cl)c([N+](=O)[O-])c1. The normalized spacial score (nSPS) is 10.1. The molecule has 0 aliphatic rings. The van der Waals surface area contributed by atoms with E-state index in [4.69, 9.17) is 16.3 Å². The molecule has 26 heavy (non-hydrogen) atoms. The van der Waals surface area contributed by atoms with Gasteiger partial charge in [0.2, 0.25) is 0 Å². The molecule has 0 saturated heterocycles. The first kappa shape index (κ1) is 19.2. The number of benzene rings is 2. The number of nitrogens with zero attached hydrogens (tertiary/aromatic N) is 1. The maximum atomic E-state index is 12.0. The molecule has 0 unspecified atom stereocenters. The Hall–Kier alpha value is -3.13. The highest BCUT2D eigenvalue weighted by molar-refractivity contribution is 6.32. The number of ether oxygens (including phenoxy) is 1. The summed E-state index contributed by atoms with van der Waals surface area (Å²) >= 11 is 5.69. The van der Waals surface area contributed by atoms with Gasteiger partial charge in [-0.3, -0.25) is 30.6 Å². The van der Waals surface area contributed by atoms with E-state index in [2.05, 4.69) is 10.9 Å². The van der Waals surface area contributed by atoms with Crippen molar-refractivity contribution in [2.45, 2.75) is 13.8 Å². The van der Waals surface area contributed by atoms with Gasteiger partial charge in [-0.05, 0) is 37.1 Å². The molecule has 0 aliphatic heterocycles. The van der Waals surface area contributed by atoms with Crippen molar-refractivity contribution >= 4 is 29.1 Å². The molecule has 0 fully saturated rings. The fourth-order valence-electron chi connectivity index (χ4n) is 2.19. The van der Waals surface area contributed by atoms with Gasteiger partial charge in [-0.2, -0.15) is 0 Å². The van der Waals surface area contributed by atoms with Crippen LogP contribution < -0.4 is 15.6 Å². The smallest absolute Gasteiger partial charge is 0.288 e. The Kier molecular flexibility index (Phi) is 6.13. The molecule has 2 N–H and O–H groups in total. The second-order valence-electron chi connectivity index (χ2n) is 5.44. The summed E-state index contributed by atoms with van der Waals surface area (Å²) in [6.07, 6.45) is 0. The van der Waals surface area contributed by atoms with E-state index in [1.54, 1.807) is 0 Å². The van der Waals surface area contributed by atoms with Crippen molar-refractivity contribution < 1.29 is 19.2 Å². The van der Waals surface area contributed by atoms with Crippen molar-refractivity contribution in [1.82, 2.24) is 10.9 Å². The Morgan fingerprint density at radius 1 is 1.15 bits per heavy atom. The van der Waals surface area contributed by atoms with E-state index in [-0.39, 0.29) is 17.2 Å². The molecule has 0 atom stereocenters. The van der Waals surface area contributed by atoms with E-state index >= 15 is 0 Å². The Bertz CT molecular complexity index is 849. The first-order valence-electron chi connectivity index (χ1n) is 7.51. The van der Waals surface area contributed by atoms with Crippen LogP contribution >= 0.6 is 11.6 Å². The molecule has 2 aromatic carbocycles. The molecule has 8 nitrogen and oxygen atoms in total. The van der Waals surface area contributed by atoms with E-state index in [9.17, 15) is 19.7 Å². The second-order valence-corrected chi connectivity index (χ2v) is 5.84. The number of carbonyl (C=O) groups is 2. The van der Waals surface area contributed by atoms with Crippen LogP contribution in [0.25, 0.3) is 0 Å². The molecule has 0 aromatic heterocycles. The third-order valence-corrected chi connectivity index (χ3v) is 3.80. The van der Waals surface area contributed by atoms with Gasteiger partial charge >= 0.3 is 0 Å². The van der Waals surface area contributed by atoms with Gasteiger partial charge in [-0.15, -0.1) is 0 Å². The molecule has 0 radical (unpaired) electrons. The lowest BCUT2D eigenvalue weighted by Gasteiger charge is -2.12. The zero-order valence-electron chi connectivity index (χ0n) is 14.0. The van der Waals surface area contributed by atoms with Gasteiger partial charge in [0.15, 0.2) is 6.61 Å². The lowest BCUT2D eigenvalue weighted by Crippen LogP contribution is -2.43. The number of nitro groups is 1. The summed E-state index contributed by atoms with van der Waals surface area (Å²) in [7, 11) is 0. The summed E-state index contributed by atoms with van der Waals surface area (Å²) < 4.78 is 5.46. The van der Waals surface area contributed by atoms with E-state index < -0.39 is 22.4 Å². The van der Waals surface area contributed by atoms with Crippen LogP contribution in [0.4, 0.5) is 5.69 Å². The van der Waals surface area contributed by atoms with Crippen molar-refractivity contribution in [3.63, 3.8) is 0 Å². The van der Waals surface area contributed by atoms with Crippen molar-refractivity contribution in [3.8, 4) is 5.75 Å². The van der Waals surface area contributed by atoms with E-state index in [1.165, 1.54) is 12.1 Å². The maximum absolute atomic E-state index is 12.0. The molecule has 9 heteroatoms. The Labute approximate surface area is 154 Å². The van der Waals surface area contributed by atoms with Gasteiger partial charge in [0.1, 0.15) is 10.8 Å². The van der Waals surface area contributed by atoms with Gasteiger partial charge in [-0.1, -0.05) is 29.8 Å². The number of carbonyl (C=O) groups excluding carboxylic acids is 2. The van der Waals surface area contributed by atoms with Crippen LogP contribution in [0.1, 0.15) is 21.5 Å². The van der Waals surface area contributed by atoms with Crippen LogP contribution in [0, 0.1) is 24.0 Å². The first-order chi connectivity index (χ1) is 12.3. The van der Waals surface area contributed by atoms with Gasteiger partial charge < -0.3 is 4.74 Å². The van der Waals surface area contributed by atoms with Gasteiger partial charge in [0.25, 0.3) is 17.5 Å². The number of hydrazine groups is 1. The number of hydrogen-bond acceptors (Lipinski definition) is 5. The average Bonchev–Trinajstić information content (AvgIpc) is 2.59. The molecule has 2 rings (SSSR count). The molecule has 0 spiro atoms. The summed E-state index contributed by atoms with van der Waals surface area (Å²) in [6, 6.07) is 9.16. The Balaban J connectivity index is 1.92. The second kappa shape index (κ2) is 8.30. The zero-order chi connectivity index (χ0) is 19.3. The minimum Gasteiger partial charge on any atom is -0.483 e. The number of para-hydroxylation sites is 1. The monoisotopic (exact) mass is 377 g/mol. The zero-order valence-corrected chi connectivity index (χ0v) is 14.8. The molecule has 0 bridgehead atoms. The molecular formula is C17H16ClN3O5. The largest absolute Gasteiger partial charge is 0.483 e. The minimum atomic E-state index is -0.717. The van der Waals surface area contributed by atoms with Crippen molar-refractivity contribution in [2.75, 3.05) is 6.61 Å². The Morgan fingerprint density at radius 3 is 2.42 bits per heavy atom. The standard InChI is InChI=1S/C17H16ClN3O5/c1-10-4-3-5-11(2)16(10)26-9-15(22)19-20-17(23)12-6-7-13(18)14(8-12)21(24)25/h3-8H,9H2,1-2H3,(H,19,22)(H,20,23). The molecule has 136 valence electrons. The fraction of sp³-hybridized carbons (Fsp3) is 0.176. The summed E-state index contributed by atoms with van der Waals surface area (Å²) in [4.78, 5) is 34.0. The van der Waals surface area contributed by atoms with E-state index in [0.29, 0.717) is 5.75 Å². The molecule has 2 amide bonds. The van der Waals surface area contributed by atoms with Crippen LogP contribution in [0.5, 0.6) is 5.75 Å². The van der Waals surface area contributed by atoms with Crippen molar-refractivity contribution in [2.24, 2.45) is 0 Å². The predicted octanol–water partition coefficient (Wildman–Crippen LogP) is 2.71. The molecule has 2 aromatic rings. The minimum absolute atomic E-state index is 0.0166. The quantitative estimate of drug-likeness (QED) is 0.614. The van der Waals surface area contributed by atoms with Crippen molar-refractivity contribution in [3.05, 3.63) is 68.2 Å². The maximum Gasteiger partial charge on any atom is 0.288 e. The number of hydrogen-bond donors (Lipinski definition) is 2. The average molecular weight is 378 g/mol. The highest BCUT2D eigenvalue weighted by Crippen LogP contribution is 2.25. The highest BCUT2D eigenvalue weighted by atomic mass is 35.5. The molecule has 0 aliphatic carbocycles.